The summed E-state index contributed by atoms with van der Waals surface area (Å²) < 4.78 is 3.67. The molecule has 3 aromatic heterocycles. The molecule has 0 fully saturated rings. The van der Waals surface area contributed by atoms with Crippen LogP contribution in [0.5, 0.6) is 0 Å². The molecule has 0 amide bonds. The van der Waals surface area contributed by atoms with Crippen LogP contribution in [0, 0.1) is 0 Å². The van der Waals surface area contributed by atoms with Gasteiger partial charge in [0.2, 0.25) is 5.95 Å². The fourth-order valence-corrected chi connectivity index (χ4v) is 11.5. The fourth-order valence-electron chi connectivity index (χ4n) is 10.6. The Labute approximate surface area is 363 Å². The van der Waals surface area contributed by atoms with E-state index >= 15 is 0 Å². The molecule has 7 heteroatoms. The maximum absolute atomic E-state index is 5.51. The molecular weight excluding hydrogens is 777 g/mol. The first-order chi connectivity index (χ1) is 30.5. The number of hydrogen-bond acceptors (Lipinski definition) is 6. The van der Waals surface area contributed by atoms with Gasteiger partial charge in [-0.15, -0.1) is 11.3 Å². The lowest BCUT2D eigenvalue weighted by molar-refractivity contribution is 0.625. The molecule has 0 bridgehead atoms. The molecule has 13 rings (SSSR count). The maximum atomic E-state index is 5.51. The molecule has 296 valence electrons. The van der Waals surface area contributed by atoms with Crippen molar-refractivity contribution in [2.45, 2.75) is 44.1 Å². The van der Waals surface area contributed by atoms with Crippen molar-refractivity contribution in [1.29, 1.82) is 0 Å². The van der Waals surface area contributed by atoms with Gasteiger partial charge in [0.05, 0.1) is 27.5 Å². The van der Waals surface area contributed by atoms with Gasteiger partial charge in [-0.05, 0) is 88.7 Å². The Morgan fingerprint density at radius 2 is 1.52 bits per heavy atom. The van der Waals surface area contributed by atoms with Crippen LogP contribution in [0.1, 0.15) is 72.4 Å². The summed E-state index contributed by atoms with van der Waals surface area (Å²) in [7, 11) is 0. The van der Waals surface area contributed by atoms with Crippen molar-refractivity contribution in [2.24, 2.45) is 0 Å². The van der Waals surface area contributed by atoms with Crippen LogP contribution >= 0.6 is 11.3 Å². The third-order valence-corrected chi connectivity index (χ3v) is 14.6. The quantitative estimate of drug-likeness (QED) is 0.173. The Hall–Kier alpha value is -7.22. The zero-order valence-electron chi connectivity index (χ0n) is 34.3. The lowest BCUT2D eigenvalue weighted by Crippen LogP contribution is -2.28. The van der Waals surface area contributed by atoms with Gasteiger partial charge in [-0.2, -0.15) is 9.97 Å². The molecule has 0 spiro atoms. The summed E-state index contributed by atoms with van der Waals surface area (Å²) in [4.78, 5) is 23.7. The first-order valence-electron chi connectivity index (χ1n) is 21.5. The molecule has 2 unspecified atom stereocenters. The molecule has 0 saturated heterocycles. The van der Waals surface area contributed by atoms with Crippen LogP contribution in [0.3, 0.4) is 0 Å². The van der Waals surface area contributed by atoms with E-state index in [4.69, 9.17) is 19.9 Å². The molecule has 3 aliphatic carbocycles. The van der Waals surface area contributed by atoms with E-state index < -0.39 is 0 Å². The van der Waals surface area contributed by atoms with Crippen molar-refractivity contribution in [3.8, 4) is 38.8 Å². The second-order valence-electron chi connectivity index (χ2n) is 17.3. The van der Waals surface area contributed by atoms with Crippen LogP contribution in [-0.2, 0) is 5.41 Å². The predicted molar refractivity (Wildman–Crippen MR) is 254 cm³/mol. The van der Waals surface area contributed by atoms with Crippen molar-refractivity contribution in [3.05, 3.63) is 198 Å². The highest BCUT2D eigenvalue weighted by Crippen LogP contribution is 2.57. The maximum Gasteiger partial charge on any atom is 0.234 e. The average molecular weight is 817 g/mol. The summed E-state index contributed by atoms with van der Waals surface area (Å²) in [5, 5.41) is 2.23. The lowest BCUT2D eigenvalue weighted by Gasteiger charge is -2.32. The lowest BCUT2D eigenvalue weighted by atomic mass is 9.82. The first kappa shape index (κ1) is 35.5. The van der Waals surface area contributed by atoms with Gasteiger partial charge in [-0.25, -0.2) is 9.97 Å². The zero-order chi connectivity index (χ0) is 41.1. The second kappa shape index (κ2) is 13.4. The van der Waals surface area contributed by atoms with Gasteiger partial charge in [-0.3, -0.25) is 0 Å². The summed E-state index contributed by atoms with van der Waals surface area (Å²) >= 11 is 1.74. The monoisotopic (exact) mass is 816 g/mol. The summed E-state index contributed by atoms with van der Waals surface area (Å²) in [6.07, 6.45) is 13.1. The Balaban J connectivity index is 1.02. The number of fused-ring (bicyclic) bond motifs is 11. The molecule has 6 aromatic carbocycles. The summed E-state index contributed by atoms with van der Waals surface area (Å²) in [6.45, 7) is 4.66. The number of thiazole rings is 1. The Morgan fingerprint density at radius 3 is 2.44 bits per heavy atom. The summed E-state index contributed by atoms with van der Waals surface area (Å²) in [6, 6.07) is 50.4. The van der Waals surface area contributed by atoms with E-state index in [1.165, 1.54) is 49.2 Å². The predicted octanol–water partition coefficient (Wildman–Crippen LogP) is 13.8. The normalized spacial score (nSPS) is 17.8. The van der Waals surface area contributed by atoms with Crippen molar-refractivity contribution in [2.75, 3.05) is 4.90 Å². The number of para-hydroxylation sites is 3. The van der Waals surface area contributed by atoms with E-state index in [0.29, 0.717) is 11.8 Å². The minimum atomic E-state index is -0.152. The van der Waals surface area contributed by atoms with Gasteiger partial charge in [0.15, 0.2) is 11.6 Å². The number of anilines is 2. The largest absolute Gasteiger partial charge is 0.311 e. The highest BCUT2D eigenvalue weighted by Gasteiger charge is 2.45. The third kappa shape index (κ3) is 5.21. The number of benzene rings is 6. The second-order valence-corrected chi connectivity index (χ2v) is 18.4. The number of rotatable bonds is 5. The average Bonchev–Trinajstić information content (AvgIpc) is 4.07. The zero-order valence-corrected chi connectivity index (χ0v) is 35.1. The molecule has 4 aliphatic rings. The summed E-state index contributed by atoms with van der Waals surface area (Å²) in [5.74, 6) is 2.14. The van der Waals surface area contributed by atoms with Crippen LogP contribution in [0.2, 0.25) is 0 Å². The van der Waals surface area contributed by atoms with Crippen LogP contribution in [0.4, 0.5) is 11.6 Å². The van der Waals surface area contributed by atoms with Gasteiger partial charge in [0, 0.05) is 44.8 Å². The number of nitrogens with zero attached hydrogens (tertiary/aromatic N) is 6. The van der Waals surface area contributed by atoms with E-state index in [-0.39, 0.29) is 17.4 Å². The van der Waals surface area contributed by atoms with Crippen LogP contribution in [-0.4, -0.2) is 24.5 Å². The molecule has 62 heavy (non-hydrogen) atoms. The van der Waals surface area contributed by atoms with Gasteiger partial charge in [0.25, 0.3) is 0 Å². The SMILES string of the molecule is CC1(C)c2ccccc2-c2ccc(-c3nc(C4=CC=CCC4)nc(N4c5ccccc5C5C=Cc6c(n(-c7cccc(-c8nc9ccccc9s8)c7)c7ccccc67)C54)n3)cc21. The number of hydrogen-bond donors (Lipinski definition) is 0. The van der Waals surface area contributed by atoms with E-state index in [1.54, 1.807) is 11.3 Å². The van der Waals surface area contributed by atoms with Crippen molar-refractivity contribution < 1.29 is 0 Å². The third-order valence-electron chi connectivity index (χ3n) is 13.5. The van der Waals surface area contributed by atoms with Gasteiger partial charge in [-0.1, -0.05) is 141 Å². The molecular formula is C55H40N6S. The molecule has 0 N–H and O–H groups in total. The molecule has 0 saturated carbocycles. The van der Waals surface area contributed by atoms with E-state index in [9.17, 15) is 0 Å². The number of aromatic nitrogens is 5. The molecule has 6 nitrogen and oxygen atoms in total. The standard InChI is InChI=1S/C55H40N6S/c1-55(2)43-22-9-6-19-37(43)38-28-27-34(32-44(38)55)52-57-51(33-15-4-3-5-16-33)58-54(59-52)61-47-25-12-8-21-40(47)42-30-29-41-39-20-7-11-24-46(39)60(49(41)50(42)61)36-18-14-17-35(31-36)53-56-45-23-10-13-26-48(45)62-53/h3-4,6-15,17-32,42,50H,5,16H2,1-2H3. The van der Waals surface area contributed by atoms with Crippen molar-refractivity contribution >= 4 is 55.7 Å². The van der Waals surface area contributed by atoms with Gasteiger partial charge < -0.3 is 9.47 Å². The minimum absolute atomic E-state index is 0.0639. The highest BCUT2D eigenvalue weighted by atomic mass is 32.1. The molecule has 4 heterocycles. The van der Waals surface area contributed by atoms with Crippen LogP contribution in [0.25, 0.3) is 71.5 Å². The Morgan fingerprint density at radius 1 is 0.694 bits per heavy atom. The molecule has 0 radical (unpaired) electrons. The number of allylic oxidation sites excluding steroid dienone is 4. The van der Waals surface area contributed by atoms with Gasteiger partial charge >= 0.3 is 0 Å². The van der Waals surface area contributed by atoms with Crippen molar-refractivity contribution in [1.82, 2.24) is 24.5 Å². The first-order valence-corrected chi connectivity index (χ1v) is 22.3. The van der Waals surface area contributed by atoms with E-state index in [1.807, 2.05) is 0 Å². The Kier molecular flexibility index (Phi) is 7.67. The van der Waals surface area contributed by atoms with E-state index in [0.717, 1.165) is 62.8 Å². The van der Waals surface area contributed by atoms with Crippen LogP contribution in [0.15, 0.2) is 164 Å². The molecule has 9 aromatic rings. The van der Waals surface area contributed by atoms with E-state index in [2.05, 4.69) is 193 Å². The topological polar surface area (TPSA) is 59.7 Å². The van der Waals surface area contributed by atoms with Crippen molar-refractivity contribution in [3.63, 3.8) is 0 Å². The minimum Gasteiger partial charge on any atom is -0.311 e. The highest BCUT2D eigenvalue weighted by molar-refractivity contribution is 7.21. The van der Waals surface area contributed by atoms with Crippen LogP contribution < -0.4 is 4.90 Å². The Bertz CT molecular complexity index is 3400. The molecule has 2 atom stereocenters. The summed E-state index contributed by atoms with van der Waals surface area (Å²) in [5.41, 5.74) is 16.4. The fraction of sp³-hybridized carbons (Fsp3) is 0.127. The smallest absolute Gasteiger partial charge is 0.234 e. The molecule has 1 aliphatic heterocycles. The van der Waals surface area contributed by atoms with Gasteiger partial charge in [0.1, 0.15) is 5.01 Å².